The minimum atomic E-state index is -4.59. The Hall–Kier alpha value is -1.90. The van der Waals surface area contributed by atoms with Gasteiger partial charge >= 0.3 is 6.18 Å². The summed E-state index contributed by atoms with van der Waals surface area (Å²) in [6, 6.07) is 0. The molecule has 1 atom stereocenters. The third kappa shape index (κ3) is 3.77. The van der Waals surface area contributed by atoms with Gasteiger partial charge in [0.05, 0.1) is 6.33 Å². The maximum absolute atomic E-state index is 12.9. The van der Waals surface area contributed by atoms with Crippen LogP contribution in [0.3, 0.4) is 0 Å². The van der Waals surface area contributed by atoms with E-state index in [2.05, 4.69) is 44.0 Å². The zero-order valence-corrected chi connectivity index (χ0v) is 13.7. The highest BCUT2D eigenvalue weighted by molar-refractivity contribution is 5.82. The number of alkyl halides is 3. The predicted octanol–water partition coefficient (Wildman–Crippen LogP) is 2.76. The van der Waals surface area contributed by atoms with Gasteiger partial charge in [-0.05, 0) is 24.8 Å². The van der Waals surface area contributed by atoms with Crippen molar-refractivity contribution in [3.8, 4) is 0 Å². The largest absolute Gasteiger partial charge is 0.451 e. The maximum atomic E-state index is 12.9. The van der Waals surface area contributed by atoms with Gasteiger partial charge in [-0.15, -0.1) is 0 Å². The van der Waals surface area contributed by atoms with Gasteiger partial charge in [0.2, 0.25) is 5.82 Å². The number of nitrogens with one attached hydrogen (secondary N) is 2. The summed E-state index contributed by atoms with van der Waals surface area (Å²) in [5.74, 6) is -0.00634. The van der Waals surface area contributed by atoms with Crippen molar-refractivity contribution in [1.29, 1.82) is 0 Å². The van der Waals surface area contributed by atoms with Gasteiger partial charge in [-0.25, -0.2) is 15.0 Å². The summed E-state index contributed by atoms with van der Waals surface area (Å²) < 4.78 is 38.8. The first-order valence-corrected chi connectivity index (χ1v) is 8.07. The Labute approximate surface area is 137 Å². The molecular weight excluding hydrogens is 321 g/mol. The molecular formula is C15H21F3N6. The van der Waals surface area contributed by atoms with Crippen molar-refractivity contribution >= 4 is 17.0 Å². The molecule has 1 saturated heterocycles. The molecule has 0 spiro atoms. The lowest BCUT2D eigenvalue weighted by Gasteiger charge is -2.18. The van der Waals surface area contributed by atoms with E-state index in [4.69, 9.17) is 0 Å². The molecule has 0 bridgehead atoms. The van der Waals surface area contributed by atoms with Crippen LogP contribution in [0.5, 0.6) is 0 Å². The first-order chi connectivity index (χ1) is 11.3. The summed E-state index contributed by atoms with van der Waals surface area (Å²) in [7, 11) is 0. The Morgan fingerprint density at radius 2 is 2.17 bits per heavy atom. The SMILES string of the molecule is CC(C)CN1CCC(CNc2nc(C(F)(F)F)nc3nc[nH]c23)C1. The van der Waals surface area contributed by atoms with Crippen molar-refractivity contribution in [2.45, 2.75) is 26.4 Å². The highest BCUT2D eigenvalue weighted by Crippen LogP contribution is 2.29. The van der Waals surface area contributed by atoms with Gasteiger partial charge in [0.1, 0.15) is 5.52 Å². The van der Waals surface area contributed by atoms with E-state index >= 15 is 0 Å². The van der Waals surface area contributed by atoms with Gasteiger partial charge in [-0.1, -0.05) is 13.8 Å². The summed E-state index contributed by atoms with van der Waals surface area (Å²) in [4.78, 5) is 16.1. The van der Waals surface area contributed by atoms with Crippen LogP contribution in [0.1, 0.15) is 26.1 Å². The van der Waals surface area contributed by atoms with Gasteiger partial charge < -0.3 is 15.2 Å². The van der Waals surface area contributed by atoms with Gasteiger partial charge in [-0.2, -0.15) is 13.2 Å². The Kier molecular flexibility index (Phi) is 4.62. The van der Waals surface area contributed by atoms with Crippen LogP contribution in [0.15, 0.2) is 6.33 Å². The summed E-state index contributed by atoms with van der Waals surface area (Å²) in [5.41, 5.74) is 0.424. The number of hydrogen-bond acceptors (Lipinski definition) is 5. The molecule has 2 aromatic heterocycles. The number of fused-ring (bicyclic) bond motifs is 1. The van der Waals surface area contributed by atoms with Crippen LogP contribution in [-0.4, -0.2) is 51.0 Å². The lowest BCUT2D eigenvalue weighted by molar-refractivity contribution is -0.144. The van der Waals surface area contributed by atoms with E-state index in [9.17, 15) is 13.2 Å². The van der Waals surface area contributed by atoms with E-state index < -0.39 is 12.0 Å². The van der Waals surface area contributed by atoms with E-state index in [1.807, 2.05) is 0 Å². The van der Waals surface area contributed by atoms with Gasteiger partial charge in [0.15, 0.2) is 11.5 Å². The highest BCUT2D eigenvalue weighted by Gasteiger charge is 2.36. The highest BCUT2D eigenvalue weighted by atomic mass is 19.4. The van der Waals surface area contributed by atoms with Crippen LogP contribution in [0.2, 0.25) is 0 Å². The number of imidazole rings is 1. The van der Waals surface area contributed by atoms with E-state index in [-0.39, 0.29) is 11.5 Å². The third-order valence-electron chi connectivity index (χ3n) is 4.09. The van der Waals surface area contributed by atoms with Crippen molar-refractivity contribution in [2.24, 2.45) is 11.8 Å². The number of likely N-dealkylation sites (tertiary alicyclic amines) is 1. The van der Waals surface area contributed by atoms with Gasteiger partial charge in [-0.3, -0.25) is 0 Å². The quantitative estimate of drug-likeness (QED) is 0.874. The topological polar surface area (TPSA) is 69.7 Å². The predicted molar refractivity (Wildman–Crippen MR) is 84.6 cm³/mol. The minimum Gasteiger partial charge on any atom is -0.368 e. The number of aromatic amines is 1. The molecule has 1 aliphatic heterocycles. The summed E-state index contributed by atoms with van der Waals surface area (Å²) in [5, 5.41) is 3.05. The zero-order valence-electron chi connectivity index (χ0n) is 13.7. The first kappa shape index (κ1) is 16.9. The number of halogens is 3. The Morgan fingerprint density at radius 1 is 1.38 bits per heavy atom. The molecule has 0 radical (unpaired) electrons. The molecule has 0 amide bonds. The molecule has 0 aromatic carbocycles. The second-order valence-corrected chi connectivity index (χ2v) is 6.68. The van der Waals surface area contributed by atoms with Crippen molar-refractivity contribution < 1.29 is 13.2 Å². The molecule has 2 N–H and O–H groups in total. The molecule has 1 unspecified atom stereocenters. The maximum Gasteiger partial charge on any atom is 0.451 e. The average molecular weight is 342 g/mol. The van der Waals surface area contributed by atoms with Crippen LogP contribution in [0.4, 0.5) is 19.0 Å². The molecule has 1 fully saturated rings. The van der Waals surface area contributed by atoms with Crippen molar-refractivity contribution in [2.75, 3.05) is 31.5 Å². The Morgan fingerprint density at radius 3 is 2.88 bits per heavy atom. The first-order valence-electron chi connectivity index (χ1n) is 8.07. The van der Waals surface area contributed by atoms with Crippen molar-refractivity contribution in [1.82, 2.24) is 24.8 Å². The molecule has 2 aromatic rings. The van der Waals surface area contributed by atoms with Crippen molar-refractivity contribution in [3.05, 3.63) is 12.2 Å². The molecule has 9 heteroatoms. The number of anilines is 1. The molecule has 24 heavy (non-hydrogen) atoms. The average Bonchev–Trinajstić information content (AvgIpc) is 3.11. The van der Waals surface area contributed by atoms with E-state index in [1.165, 1.54) is 6.33 Å². The smallest absolute Gasteiger partial charge is 0.368 e. The minimum absolute atomic E-state index is 0.0210. The van der Waals surface area contributed by atoms with Gasteiger partial charge in [0.25, 0.3) is 0 Å². The lowest BCUT2D eigenvalue weighted by Crippen LogP contribution is -2.26. The van der Waals surface area contributed by atoms with Crippen LogP contribution in [-0.2, 0) is 6.18 Å². The van der Waals surface area contributed by atoms with Crippen LogP contribution >= 0.6 is 0 Å². The molecule has 132 valence electrons. The number of H-pyrrole nitrogens is 1. The molecule has 6 nitrogen and oxygen atoms in total. The normalized spacial score (nSPS) is 19.5. The molecule has 1 aliphatic rings. The standard InChI is InChI=1S/C15H21F3N6/c1-9(2)6-24-4-3-10(7-24)5-19-12-11-13(21-8-20-11)23-14(22-12)15(16,17)18/h8-10H,3-7H2,1-2H3,(H2,19,20,21,22,23). The Bertz CT molecular complexity index is 696. The molecule has 3 heterocycles. The summed E-state index contributed by atoms with van der Waals surface area (Å²) in [6.45, 7) is 7.97. The second-order valence-electron chi connectivity index (χ2n) is 6.68. The van der Waals surface area contributed by atoms with E-state index in [1.54, 1.807) is 0 Å². The second kappa shape index (κ2) is 6.54. The fourth-order valence-corrected chi connectivity index (χ4v) is 3.09. The number of hydrogen-bond donors (Lipinski definition) is 2. The zero-order chi connectivity index (χ0) is 17.3. The molecule has 3 rings (SSSR count). The summed E-state index contributed by atoms with van der Waals surface area (Å²) in [6.07, 6.45) is -2.24. The monoisotopic (exact) mass is 342 g/mol. The number of nitrogens with zero attached hydrogens (tertiary/aromatic N) is 4. The fourth-order valence-electron chi connectivity index (χ4n) is 3.09. The van der Waals surface area contributed by atoms with Crippen LogP contribution in [0, 0.1) is 11.8 Å². The van der Waals surface area contributed by atoms with E-state index in [0.29, 0.717) is 23.9 Å². The molecule has 0 saturated carbocycles. The number of rotatable bonds is 5. The molecule has 0 aliphatic carbocycles. The van der Waals surface area contributed by atoms with Crippen molar-refractivity contribution in [3.63, 3.8) is 0 Å². The van der Waals surface area contributed by atoms with Gasteiger partial charge in [0, 0.05) is 19.6 Å². The Balaban J connectivity index is 1.70. The van der Waals surface area contributed by atoms with Crippen LogP contribution < -0.4 is 5.32 Å². The van der Waals surface area contributed by atoms with Crippen LogP contribution in [0.25, 0.3) is 11.2 Å². The van der Waals surface area contributed by atoms with E-state index in [0.717, 1.165) is 26.1 Å². The fraction of sp³-hybridized carbons (Fsp3) is 0.667. The number of aromatic nitrogens is 4. The summed E-state index contributed by atoms with van der Waals surface area (Å²) >= 11 is 0. The third-order valence-corrected chi connectivity index (χ3v) is 4.09. The lowest BCUT2D eigenvalue weighted by atomic mass is 10.1.